The highest BCUT2D eigenvalue weighted by Crippen LogP contribution is 2.24. The molecule has 0 atom stereocenters. The number of benzene rings is 2. The van der Waals surface area contributed by atoms with Crippen LogP contribution < -0.4 is 0 Å². The number of fused-ring (bicyclic) bond motifs is 1. The molecule has 19 heavy (non-hydrogen) atoms. The van der Waals surface area contributed by atoms with Crippen LogP contribution in [0.15, 0.2) is 48.7 Å². The number of aromatic nitrogens is 1. The van der Waals surface area contributed by atoms with Gasteiger partial charge in [0.05, 0.1) is 5.02 Å². The third-order valence-electron chi connectivity index (χ3n) is 3.11. The van der Waals surface area contributed by atoms with Crippen molar-refractivity contribution in [3.8, 4) is 0 Å². The fourth-order valence-corrected chi connectivity index (χ4v) is 2.53. The van der Waals surface area contributed by atoms with Gasteiger partial charge in [-0.05, 0) is 35.9 Å². The summed E-state index contributed by atoms with van der Waals surface area (Å²) in [5.41, 5.74) is 1.80. The van der Waals surface area contributed by atoms with Crippen LogP contribution in [0.2, 0.25) is 10.0 Å². The average Bonchev–Trinajstić information content (AvgIpc) is 2.77. The van der Waals surface area contributed by atoms with E-state index in [-0.39, 0.29) is 5.02 Å². The van der Waals surface area contributed by atoms with E-state index in [0.717, 1.165) is 16.5 Å². The molecule has 3 aromatic rings. The standard InChI is InChI=1S/C15H10Cl2FN/c16-12-4-5-14-10(8-12)6-7-19(14)9-11-2-1-3-13(18)15(11)17/h1-8H,9H2. The number of rotatable bonds is 2. The van der Waals surface area contributed by atoms with Crippen LogP contribution in [0.25, 0.3) is 10.9 Å². The molecule has 1 nitrogen and oxygen atoms in total. The highest BCUT2D eigenvalue weighted by atomic mass is 35.5. The van der Waals surface area contributed by atoms with Crippen LogP contribution in [0.1, 0.15) is 5.56 Å². The summed E-state index contributed by atoms with van der Waals surface area (Å²) in [6, 6.07) is 12.5. The zero-order valence-corrected chi connectivity index (χ0v) is 11.4. The monoisotopic (exact) mass is 293 g/mol. The van der Waals surface area contributed by atoms with E-state index in [2.05, 4.69) is 0 Å². The summed E-state index contributed by atoms with van der Waals surface area (Å²) < 4.78 is 15.4. The molecule has 0 saturated heterocycles. The SMILES string of the molecule is Fc1cccc(Cn2ccc3cc(Cl)ccc32)c1Cl. The van der Waals surface area contributed by atoms with Gasteiger partial charge in [0.25, 0.3) is 0 Å². The maximum atomic E-state index is 13.4. The minimum absolute atomic E-state index is 0.179. The van der Waals surface area contributed by atoms with E-state index >= 15 is 0 Å². The number of hydrogen-bond acceptors (Lipinski definition) is 0. The zero-order chi connectivity index (χ0) is 13.4. The van der Waals surface area contributed by atoms with E-state index in [1.165, 1.54) is 6.07 Å². The molecule has 3 rings (SSSR count). The molecule has 96 valence electrons. The van der Waals surface area contributed by atoms with Crippen LogP contribution in [0.5, 0.6) is 0 Å². The van der Waals surface area contributed by atoms with E-state index in [1.807, 2.05) is 41.1 Å². The van der Waals surface area contributed by atoms with Gasteiger partial charge >= 0.3 is 0 Å². The summed E-state index contributed by atoms with van der Waals surface area (Å²) in [6.07, 6.45) is 1.95. The van der Waals surface area contributed by atoms with Crippen molar-refractivity contribution in [2.24, 2.45) is 0 Å². The first-order valence-corrected chi connectivity index (χ1v) is 6.58. The summed E-state index contributed by atoms with van der Waals surface area (Å²) in [6.45, 7) is 0.529. The Morgan fingerprint density at radius 3 is 2.74 bits per heavy atom. The van der Waals surface area contributed by atoms with Gasteiger partial charge in [-0.25, -0.2) is 4.39 Å². The molecule has 0 N–H and O–H groups in total. The van der Waals surface area contributed by atoms with Crippen molar-refractivity contribution in [2.75, 3.05) is 0 Å². The van der Waals surface area contributed by atoms with Crippen LogP contribution in [-0.4, -0.2) is 4.57 Å². The first kappa shape index (κ1) is 12.5. The molecule has 0 amide bonds. The van der Waals surface area contributed by atoms with E-state index in [1.54, 1.807) is 6.07 Å². The molecule has 0 aliphatic heterocycles. The Bertz CT molecular complexity index is 749. The lowest BCUT2D eigenvalue weighted by molar-refractivity contribution is 0.624. The summed E-state index contributed by atoms with van der Waals surface area (Å²) in [7, 11) is 0. The van der Waals surface area contributed by atoms with Gasteiger partial charge in [0, 0.05) is 28.7 Å². The van der Waals surface area contributed by atoms with E-state index in [0.29, 0.717) is 11.6 Å². The van der Waals surface area contributed by atoms with E-state index in [9.17, 15) is 4.39 Å². The quantitative estimate of drug-likeness (QED) is 0.617. The van der Waals surface area contributed by atoms with Crippen LogP contribution >= 0.6 is 23.2 Å². The highest BCUT2D eigenvalue weighted by Gasteiger charge is 2.08. The highest BCUT2D eigenvalue weighted by molar-refractivity contribution is 6.31. The molecule has 0 fully saturated rings. The van der Waals surface area contributed by atoms with Crippen LogP contribution in [0.3, 0.4) is 0 Å². The summed E-state index contributed by atoms with van der Waals surface area (Å²) in [5, 5.41) is 1.94. The lowest BCUT2D eigenvalue weighted by Crippen LogP contribution is -1.99. The molecule has 0 unspecified atom stereocenters. The molecule has 1 heterocycles. The van der Waals surface area contributed by atoms with Gasteiger partial charge in [-0.2, -0.15) is 0 Å². The Morgan fingerprint density at radius 1 is 1.05 bits per heavy atom. The lowest BCUT2D eigenvalue weighted by Gasteiger charge is -2.08. The summed E-state index contributed by atoms with van der Waals surface area (Å²) in [4.78, 5) is 0. The fourth-order valence-electron chi connectivity index (χ4n) is 2.16. The molecule has 0 spiro atoms. The number of halogens is 3. The second-order valence-corrected chi connectivity index (χ2v) is 5.17. The summed E-state index contributed by atoms with van der Waals surface area (Å²) >= 11 is 11.9. The molecule has 0 aliphatic rings. The van der Waals surface area contributed by atoms with Gasteiger partial charge in [0.15, 0.2) is 0 Å². The molecule has 0 radical (unpaired) electrons. The Hall–Kier alpha value is -1.51. The van der Waals surface area contributed by atoms with Gasteiger partial charge in [0.1, 0.15) is 5.82 Å². The lowest BCUT2D eigenvalue weighted by atomic mass is 10.2. The van der Waals surface area contributed by atoms with Crippen LogP contribution in [0, 0.1) is 5.82 Å². The third-order valence-corrected chi connectivity index (χ3v) is 3.76. The maximum Gasteiger partial charge on any atom is 0.142 e. The van der Waals surface area contributed by atoms with Crippen molar-refractivity contribution in [2.45, 2.75) is 6.54 Å². The van der Waals surface area contributed by atoms with Gasteiger partial charge in [-0.3, -0.25) is 0 Å². The first-order valence-electron chi connectivity index (χ1n) is 5.82. The third kappa shape index (κ3) is 2.34. The normalized spacial score (nSPS) is 11.1. The molecule has 1 aromatic heterocycles. The predicted octanol–water partition coefficient (Wildman–Crippen LogP) is 5.14. The second-order valence-electron chi connectivity index (χ2n) is 4.36. The zero-order valence-electron chi connectivity index (χ0n) is 9.91. The Balaban J connectivity index is 2.04. The molecular formula is C15H10Cl2FN. The Kier molecular flexibility index (Phi) is 3.21. The maximum absolute atomic E-state index is 13.4. The Morgan fingerprint density at radius 2 is 1.89 bits per heavy atom. The van der Waals surface area contributed by atoms with Gasteiger partial charge in [-0.15, -0.1) is 0 Å². The molecule has 4 heteroatoms. The molecule has 0 aliphatic carbocycles. The number of hydrogen-bond donors (Lipinski definition) is 0. The van der Waals surface area contributed by atoms with Crippen molar-refractivity contribution in [3.63, 3.8) is 0 Å². The first-order chi connectivity index (χ1) is 9.15. The van der Waals surface area contributed by atoms with Crippen molar-refractivity contribution in [1.82, 2.24) is 4.57 Å². The van der Waals surface area contributed by atoms with Crippen LogP contribution in [-0.2, 0) is 6.54 Å². The largest absolute Gasteiger partial charge is 0.343 e. The number of nitrogens with zero attached hydrogens (tertiary/aromatic N) is 1. The minimum Gasteiger partial charge on any atom is -0.343 e. The predicted molar refractivity (Wildman–Crippen MR) is 77.5 cm³/mol. The van der Waals surface area contributed by atoms with Crippen molar-refractivity contribution < 1.29 is 4.39 Å². The van der Waals surface area contributed by atoms with Gasteiger partial charge in [0.2, 0.25) is 0 Å². The fraction of sp³-hybridized carbons (Fsp3) is 0.0667. The van der Waals surface area contributed by atoms with Crippen LogP contribution in [0.4, 0.5) is 4.39 Å². The van der Waals surface area contributed by atoms with Crippen molar-refractivity contribution >= 4 is 34.1 Å². The van der Waals surface area contributed by atoms with Crippen molar-refractivity contribution in [3.05, 3.63) is 70.1 Å². The van der Waals surface area contributed by atoms with Gasteiger partial charge < -0.3 is 4.57 Å². The van der Waals surface area contributed by atoms with Crippen molar-refractivity contribution in [1.29, 1.82) is 0 Å². The molecule has 0 bridgehead atoms. The molecule has 2 aromatic carbocycles. The topological polar surface area (TPSA) is 4.93 Å². The Labute approximate surface area is 120 Å². The summed E-state index contributed by atoms with van der Waals surface area (Å²) in [5.74, 6) is -0.390. The second kappa shape index (κ2) is 4.87. The van der Waals surface area contributed by atoms with E-state index in [4.69, 9.17) is 23.2 Å². The average molecular weight is 294 g/mol. The molecular weight excluding hydrogens is 284 g/mol. The van der Waals surface area contributed by atoms with E-state index < -0.39 is 5.82 Å². The van der Waals surface area contributed by atoms with Gasteiger partial charge in [-0.1, -0.05) is 35.3 Å². The minimum atomic E-state index is -0.390. The smallest absolute Gasteiger partial charge is 0.142 e. The molecule has 0 saturated carbocycles.